The van der Waals surface area contributed by atoms with Crippen LogP contribution in [0.1, 0.15) is 49.1 Å². The number of aryl methyl sites for hydroxylation is 1. The molecule has 0 radical (unpaired) electrons. The predicted octanol–water partition coefficient (Wildman–Crippen LogP) is 3.59. The van der Waals surface area contributed by atoms with Crippen LogP contribution in [0.4, 0.5) is 11.5 Å². The molecule has 1 aromatic heterocycles. The maximum Gasteiger partial charge on any atom is 0.277 e. The van der Waals surface area contributed by atoms with Crippen molar-refractivity contribution in [3.8, 4) is 0 Å². The van der Waals surface area contributed by atoms with Crippen molar-refractivity contribution in [3.05, 3.63) is 47.4 Å². The van der Waals surface area contributed by atoms with E-state index in [9.17, 15) is 4.79 Å². The molecule has 0 saturated carbocycles. The van der Waals surface area contributed by atoms with E-state index in [1.165, 1.54) is 5.56 Å². The minimum absolute atomic E-state index is 0.0647. The topological polar surface area (TPSA) is 58.1 Å². The molecule has 3 rings (SSSR count). The molecule has 0 aliphatic carbocycles. The van der Waals surface area contributed by atoms with Crippen molar-refractivity contribution in [2.45, 2.75) is 52.6 Å². The Bertz CT molecular complexity index is 759. The highest BCUT2D eigenvalue weighted by Gasteiger charge is 2.32. The van der Waals surface area contributed by atoms with Crippen LogP contribution in [0.2, 0.25) is 0 Å². The van der Waals surface area contributed by atoms with Gasteiger partial charge in [0.1, 0.15) is 17.3 Å². The summed E-state index contributed by atoms with van der Waals surface area (Å²) in [5, 5.41) is 3.33. The number of rotatable bonds is 4. The second-order valence-electron chi connectivity index (χ2n) is 6.50. The molecule has 24 heavy (non-hydrogen) atoms. The van der Waals surface area contributed by atoms with Crippen LogP contribution in [-0.4, -0.2) is 28.0 Å². The summed E-state index contributed by atoms with van der Waals surface area (Å²) in [5.74, 6) is 1.25. The Morgan fingerprint density at radius 1 is 1.38 bits per heavy atom. The van der Waals surface area contributed by atoms with Crippen molar-refractivity contribution < 1.29 is 4.79 Å². The number of hydrogen-bond acceptors (Lipinski definition) is 4. The van der Waals surface area contributed by atoms with Gasteiger partial charge >= 0.3 is 0 Å². The van der Waals surface area contributed by atoms with E-state index in [0.29, 0.717) is 23.4 Å². The van der Waals surface area contributed by atoms with E-state index in [1.807, 2.05) is 30.0 Å². The number of carbonyl (C=O) groups is 1. The van der Waals surface area contributed by atoms with Gasteiger partial charge in [-0.1, -0.05) is 25.1 Å². The Kier molecular flexibility index (Phi) is 4.51. The average molecular weight is 324 g/mol. The first-order valence-electron chi connectivity index (χ1n) is 8.53. The first-order chi connectivity index (χ1) is 11.5. The molecule has 2 aromatic rings. The van der Waals surface area contributed by atoms with Gasteiger partial charge in [0, 0.05) is 23.8 Å². The molecule has 1 N–H and O–H groups in total. The lowest BCUT2D eigenvalue weighted by molar-refractivity contribution is 0.0976. The Morgan fingerprint density at radius 3 is 2.88 bits per heavy atom. The number of carbonyl (C=O) groups excluding carboxylic acids is 1. The van der Waals surface area contributed by atoms with E-state index in [2.05, 4.69) is 42.1 Å². The molecule has 5 heteroatoms. The normalized spacial score (nSPS) is 17.5. The van der Waals surface area contributed by atoms with Gasteiger partial charge in [-0.15, -0.1) is 0 Å². The minimum Gasteiger partial charge on any atom is -0.368 e. The van der Waals surface area contributed by atoms with Gasteiger partial charge in [-0.3, -0.25) is 4.79 Å². The number of amides is 1. The summed E-state index contributed by atoms with van der Waals surface area (Å²) in [7, 11) is 0. The maximum absolute atomic E-state index is 13.1. The SMILES string of the molecule is CCC(C)Nc1cc(C(=O)N2c3ccccc3CC2C)nc(C)n1. The van der Waals surface area contributed by atoms with Crippen LogP contribution in [0.15, 0.2) is 30.3 Å². The van der Waals surface area contributed by atoms with Gasteiger partial charge in [0.2, 0.25) is 0 Å². The van der Waals surface area contributed by atoms with E-state index in [-0.39, 0.29) is 11.9 Å². The lowest BCUT2D eigenvalue weighted by Crippen LogP contribution is -2.36. The van der Waals surface area contributed by atoms with Crippen LogP contribution in [0.25, 0.3) is 0 Å². The zero-order valence-corrected chi connectivity index (χ0v) is 14.7. The molecule has 126 valence electrons. The molecule has 1 amide bonds. The molecule has 1 aliphatic heterocycles. The lowest BCUT2D eigenvalue weighted by Gasteiger charge is -2.23. The standard InChI is InChI=1S/C19H24N4O/c1-5-12(2)20-18-11-16(21-14(4)22-18)19(24)23-13(3)10-15-8-6-7-9-17(15)23/h6-9,11-13H,5,10H2,1-4H3,(H,20,21,22). The maximum atomic E-state index is 13.1. The third kappa shape index (κ3) is 3.11. The van der Waals surface area contributed by atoms with Crippen LogP contribution < -0.4 is 10.2 Å². The highest BCUT2D eigenvalue weighted by atomic mass is 16.2. The molecule has 0 bridgehead atoms. The monoisotopic (exact) mass is 324 g/mol. The zero-order chi connectivity index (χ0) is 17.3. The Morgan fingerprint density at radius 2 is 2.12 bits per heavy atom. The molecule has 2 unspecified atom stereocenters. The van der Waals surface area contributed by atoms with E-state index in [4.69, 9.17) is 0 Å². The molecule has 1 aliphatic rings. The van der Waals surface area contributed by atoms with Gasteiger partial charge in [-0.2, -0.15) is 0 Å². The first kappa shape index (κ1) is 16.4. The number of aromatic nitrogens is 2. The summed E-state index contributed by atoms with van der Waals surface area (Å²) in [6, 6.07) is 10.3. The molecule has 0 spiro atoms. The van der Waals surface area contributed by atoms with E-state index >= 15 is 0 Å². The second-order valence-corrected chi connectivity index (χ2v) is 6.50. The molecule has 2 heterocycles. The highest BCUT2D eigenvalue weighted by Crippen LogP contribution is 2.33. The number of nitrogens with one attached hydrogen (secondary N) is 1. The van der Waals surface area contributed by atoms with Gasteiger partial charge in [0.15, 0.2) is 0 Å². The number of para-hydroxylation sites is 1. The predicted molar refractivity (Wildman–Crippen MR) is 96.6 cm³/mol. The van der Waals surface area contributed by atoms with Crippen molar-refractivity contribution in [2.75, 3.05) is 10.2 Å². The number of fused-ring (bicyclic) bond motifs is 1. The summed E-state index contributed by atoms with van der Waals surface area (Å²) < 4.78 is 0. The molecule has 2 atom stereocenters. The fourth-order valence-electron chi connectivity index (χ4n) is 3.10. The molecule has 5 nitrogen and oxygen atoms in total. The second kappa shape index (κ2) is 6.59. The van der Waals surface area contributed by atoms with Gasteiger partial charge < -0.3 is 10.2 Å². The van der Waals surface area contributed by atoms with Crippen LogP contribution in [-0.2, 0) is 6.42 Å². The molecule has 1 aromatic carbocycles. The van der Waals surface area contributed by atoms with Crippen molar-refractivity contribution in [1.29, 1.82) is 0 Å². The largest absolute Gasteiger partial charge is 0.368 e. The van der Waals surface area contributed by atoms with E-state index in [0.717, 1.165) is 18.5 Å². The quantitative estimate of drug-likeness (QED) is 0.934. The molecular formula is C19H24N4O. The minimum atomic E-state index is -0.0647. The van der Waals surface area contributed by atoms with Crippen LogP contribution in [0.5, 0.6) is 0 Å². The van der Waals surface area contributed by atoms with Crippen LogP contribution in [0.3, 0.4) is 0 Å². The fraction of sp³-hybridized carbons (Fsp3) is 0.421. The lowest BCUT2D eigenvalue weighted by atomic mass is 10.1. The van der Waals surface area contributed by atoms with Crippen molar-refractivity contribution in [2.24, 2.45) is 0 Å². The molecular weight excluding hydrogens is 300 g/mol. The number of hydrogen-bond donors (Lipinski definition) is 1. The third-order valence-electron chi connectivity index (χ3n) is 4.49. The highest BCUT2D eigenvalue weighted by molar-refractivity contribution is 6.06. The summed E-state index contributed by atoms with van der Waals surface area (Å²) in [6.45, 7) is 8.10. The summed E-state index contributed by atoms with van der Waals surface area (Å²) in [5.41, 5.74) is 2.64. The number of anilines is 2. The van der Waals surface area contributed by atoms with Crippen LogP contribution >= 0.6 is 0 Å². The summed E-state index contributed by atoms with van der Waals surface area (Å²) >= 11 is 0. The fourth-order valence-corrected chi connectivity index (χ4v) is 3.10. The average Bonchev–Trinajstić information content (AvgIpc) is 2.89. The van der Waals surface area contributed by atoms with Gasteiger partial charge in [0.25, 0.3) is 5.91 Å². The summed E-state index contributed by atoms with van der Waals surface area (Å²) in [4.78, 5) is 23.7. The van der Waals surface area contributed by atoms with E-state index < -0.39 is 0 Å². The Labute approximate surface area is 143 Å². The van der Waals surface area contributed by atoms with Gasteiger partial charge in [-0.25, -0.2) is 9.97 Å². The van der Waals surface area contributed by atoms with Gasteiger partial charge in [-0.05, 0) is 45.2 Å². The van der Waals surface area contributed by atoms with Crippen molar-refractivity contribution >= 4 is 17.4 Å². The van der Waals surface area contributed by atoms with Gasteiger partial charge in [0.05, 0.1) is 0 Å². The van der Waals surface area contributed by atoms with E-state index in [1.54, 1.807) is 6.07 Å². The third-order valence-corrected chi connectivity index (χ3v) is 4.49. The summed E-state index contributed by atoms with van der Waals surface area (Å²) in [6.07, 6.45) is 1.87. The number of nitrogens with zero attached hydrogens (tertiary/aromatic N) is 3. The van der Waals surface area contributed by atoms with Crippen molar-refractivity contribution in [1.82, 2.24) is 9.97 Å². The Hall–Kier alpha value is -2.43. The van der Waals surface area contributed by atoms with Crippen molar-refractivity contribution in [3.63, 3.8) is 0 Å². The Balaban J connectivity index is 1.93. The number of benzene rings is 1. The van der Waals surface area contributed by atoms with Crippen LogP contribution in [0, 0.1) is 6.92 Å². The zero-order valence-electron chi connectivity index (χ0n) is 14.7. The smallest absolute Gasteiger partial charge is 0.277 e. The first-order valence-corrected chi connectivity index (χ1v) is 8.53. The molecule has 0 fully saturated rings. The molecule has 0 saturated heterocycles.